The van der Waals surface area contributed by atoms with Crippen molar-refractivity contribution in [3.8, 4) is 5.69 Å². The topological polar surface area (TPSA) is 47.8 Å². The third kappa shape index (κ3) is 1.93. The van der Waals surface area contributed by atoms with E-state index in [0.717, 1.165) is 5.69 Å². The second-order valence-electron chi connectivity index (χ2n) is 3.15. The monoisotopic (exact) mass is 201 g/mol. The molecule has 15 heavy (non-hydrogen) atoms. The number of imidazole rings is 1. The molecule has 76 valence electrons. The van der Waals surface area contributed by atoms with E-state index in [2.05, 4.69) is 9.97 Å². The molecule has 0 N–H and O–H groups in total. The predicted molar refractivity (Wildman–Crippen MR) is 56.0 cm³/mol. The van der Waals surface area contributed by atoms with Crippen molar-refractivity contribution >= 4 is 5.78 Å². The van der Waals surface area contributed by atoms with Crippen LogP contribution in [-0.4, -0.2) is 20.3 Å². The molecule has 4 heteroatoms. The predicted octanol–water partition coefficient (Wildman–Crippen LogP) is 1.86. The quantitative estimate of drug-likeness (QED) is 0.712. The van der Waals surface area contributed by atoms with E-state index >= 15 is 0 Å². The largest absolute Gasteiger partial charge is 0.305 e. The SMILES string of the molecule is CCC(=O)c1ccc(-n2ccnc2)cn1. The zero-order valence-corrected chi connectivity index (χ0v) is 8.42. The summed E-state index contributed by atoms with van der Waals surface area (Å²) < 4.78 is 1.84. The Bertz CT molecular complexity index is 445. The lowest BCUT2D eigenvalue weighted by Gasteiger charge is -2.02. The lowest BCUT2D eigenvalue weighted by molar-refractivity contribution is 0.0983. The molecule has 2 heterocycles. The van der Waals surface area contributed by atoms with Crippen LogP contribution in [0.25, 0.3) is 5.69 Å². The molecule has 0 spiro atoms. The van der Waals surface area contributed by atoms with Crippen molar-refractivity contribution < 1.29 is 4.79 Å². The van der Waals surface area contributed by atoms with Crippen molar-refractivity contribution in [1.29, 1.82) is 0 Å². The standard InChI is InChI=1S/C11H11N3O/c1-2-11(15)10-4-3-9(7-13-10)14-6-5-12-8-14/h3-8H,2H2,1H3. The molecule has 0 aromatic carbocycles. The molecular weight excluding hydrogens is 190 g/mol. The van der Waals surface area contributed by atoms with Gasteiger partial charge in [0.15, 0.2) is 5.78 Å². The van der Waals surface area contributed by atoms with Gasteiger partial charge < -0.3 is 4.57 Å². The maximum Gasteiger partial charge on any atom is 0.180 e. The molecule has 0 atom stereocenters. The van der Waals surface area contributed by atoms with Crippen LogP contribution in [-0.2, 0) is 0 Å². The molecule has 0 unspecified atom stereocenters. The zero-order chi connectivity index (χ0) is 10.7. The van der Waals surface area contributed by atoms with E-state index in [9.17, 15) is 4.79 Å². The van der Waals surface area contributed by atoms with Crippen LogP contribution < -0.4 is 0 Å². The number of nitrogens with zero attached hydrogens (tertiary/aromatic N) is 3. The zero-order valence-electron chi connectivity index (χ0n) is 8.42. The van der Waals surface area contributed by atoms with Crippen LogP contribution in [0.5, 0.6) is 0 Å². The van der Waals surface area contributed by atoms with Gasteiger partial charge in [-0.1, -0.05) is 6.92 Å². The van der Waals surface area contributed by atoms with Crippen molar-refractivity contribution in [3.05, 3.63) is 42.7 Å². The fourth-order valence-corrected chi connectivity index (χ4v) is 1.30. The third-order valence-corrected chi connectivity index (χ3v) is 2.16. The molecule has 0 aliphatic carbocycles. The number of carbonyl (C=O) groups excluding carboxylic acids is 1. The van der Waals surface area contributed by atoms with E-state index in [-0.39, 0.29) is 5.78 Å². The second kappa shape index (κ2) is 4.04. The average molecular weight is 201 g/mol. The highest BCUT2D eigenvalue weighted by Crippen LogP contribution is 2.07. The highest BCUT2D eigenvalue weighted by Gasteiger charge is 2.04. The van der Waals surface area contributed by atoms with Crippen LogP contribution in [0.15, 0.2) is 37.1 Å². The van der Waals surface area contributed by atoms with Crippen LogP contribution in [0.3, 0.4) is 0 Å². The molecular formula is C11H11N3O. The minimum absolute atomic E-state index is 0.0622. The lowest BCUT2D eigenvalue weighted by Crippen LogP contribution is -2.01. The van der Waals surface area contributed by atoms with Gasteiger partial charge in [-0.15, -0.1) is 0 Å². The number of ketones is 1. The van der Waals surface area contributed by atoms with Crippen LogP contribution in [0.2, 0.25) is 0 Å². The maximum absolute atomic E-state index is 11.3. The molecule has 0 saturated heterocycles. The van der Waals surface area contributed by atoms with E-state index in [1.807, 2.05) is 23.8 Å². The summed E-state index contributed by atoms with van der Waals surface area (Å²) in [6, 6.07) is 3.60. The second-order valence-corrected chi connectivity index (χ2v) is 3.15. The van der Waals surface area contributed by atoms with E-state index in [1.54, 1.807) is 24.8 Å². The Hall–Kier alpha value is -1.97. The molecule has 2 rings (SSSR count). The molecule has 2 aromatic rings. The van der Waals surface area contributed by atoms with Gasteiger partial charge in [-0.25, -0.2) is 4.98 Å². The van der Waals surface area contributed by atoms with Gasteiger partial charge in [0.05, 0.1) is 18.2 Å². The summed E-state index contributed by atoms with van der Waals surface area (Å²) in [4.78, 5) is 19.4. The summed E-state index contributed by atoms with van der Waals surface area (Å²) in [6.07, 6.45) is 7.38. The molecule has 0 aliphatic rings. The number of hydrogen-bond donors (Lipinski definition) is 0. The maximum atomic E-state index is 11.3. The van der Waals surface area contributed by atoms with Gasteiger partial charge in [0.1, 0.15) is 5.69 Å². The van der Waals surface area contributed by atoms with Gasteiger partial charge in [0.2, 0.25) is 0 Å². The highest BCUT2D eigenvalue weighted by atomic mass is 16.1. The third-order valence-electron chi connectivity index (χ3n) is 2.16. The number of carbonyl (C=O) groups is 1. The molecule has 4 nitrogen and oxygen atoms in total. The van der Waals surface area contributed by atoms with Gasteiger partial charge in [-0.2, -0.15) is 0 Å². The minimum Gasteiger partial charge on any atom is -0.305 e. The summed E-state index contributed by atoms with van der Waals surface area (Å²) in [6.45, 7) is 1.83. The Morgan fingerprint density at radius 2 is 2.33 bits per heavy atom. The first-order chi connectivity index (χ1) is 7.31. The van der Waals surface area contributed by atoms with Crippen LogP contribution in [0.4, 0.5) is 0 Å². The number of aromatic nitrogens is 3. The number of rotatable bonds is 3. The van der Waals surface area contributed by atoms with Gasteiger partial charge in [0.25, 0.3) is 0 Å². The van der Waals surface area contributed by atoms with Crippen molar-refractivity contribution in [2.45, 2.75) is 13.3 Å². The van der Waals surface area contributed by atoms with Gasteiger partial charge >= 0.3 is 0 Å². The first kappa shape index (κ1) is 9.58. The van der Waals surface area contributed by atoms with Gasteiger partial charge in [-0.05, 0) is 12.1 Å². The fourth-order valence-electron chi connectivity index (χ4n) is 1.30. The van der Waals surface area contributed by atoms with Crippen LogP contribution in [0.1, 0.15) is 23.8 Å². The van der Waals surface area contributed by atoms with E-state index in [0.29, 0.717) is 12.1 Å². The molecule has 0 amide bonds. The van der Waals surface area contributed by atoms with Crippen molar-refractivity contribution in [3.63, 3.8) is 0 Å². The molecule has 0 saturated carbocycles. The van der Waals surface area contributed by atoms with Gasteiger partial charge in [-0.3, -0.25) is 9.78 Å². The first-order valence-electron chi connectivity index (χ1n) is 4.79. The Balaban J connectivity index is 2.29. The van der Waals surface area contributed by atoms with E-state index in [1.165, 1.54) is 0 Å². The Morgan fingerprint density at radius 1 is 1.47 bits per heavy atom. The Morgan fingerprint density at radius 3 is 2.87 bits per heavy atom. The normalized spacial score (nSPS) is 10.2. The summed E-state index contributed by atoms with van der Waals surface area (Å²) in [5.41, 5.74) is 1.42. The summed E-state index contributed by atoms with van der Waals surface area (Å²) in [7, 11) is 0. The highest BCUT2D eigenvalue weighted by molar-refractivity contribution is 5.93. The van der Waals surface area contributed by atoms with Crippen molar-refractivity contribution in [1.82, 2.24) is 14.5 Å². The fraction of sp³-hybridized carbons (Fsp3) is 0.182. The molecule has 0 aliphatic heterocycles. The molecule has 2 aromatic heterocycles. The summed E-state index contributed by atoms with van der Waals surface area (Å²) in [5.74, 6) is 0.0622. The summed E-state index contributed by atoms with van der Waals surface area (Å²) in [5, 5.41) is 0. The van der Waals surface area contributed by atoms with Gasteiger partial charge in [0, 0.05) is 18.8 Å². The minimum atomic E-state index is 0.0622. The Kier molecular flexibility index (Phi) is 2.58. The number of hydrogen-bond acceptors (Lipinski definition) is 3. The van der Waals surface area contributed by atoms with E-state index in [4.69, 9.17) is 0 Å². The average Bonchev–Trinajstić information content (AvgIpc) is 2.82. The molecule has 0 fully saturated rings. The van der Waals surface area contributed by atoms with Crippen molar-refractivity contribution in [2.24, 2.45) is 0 Å². The van der Waals surface area contributed by atoms with Crippen molar-refractivity contribution in [2.75, 3.05) is 0 Å². The van der Waals surface area contributed by atoms with Crippen LogP contribution in [0, 0.1) is 0 Å². The first-order valence-corrected chi connectivity index (χ1v) is 4.79. The Labute approximate surface area is 87.6 Å². The molecule has 0 bridgehead atoms. The van der Waals surface area contributed by atoms with E-state index < -0.39 is 0 Å². The molecule has 0 radical (unpaired) electrons. The lowest BCUT2D eigenvalue weighted by atomic mass is 10.2. The summed E-state index contributed by atoms with van der Waals surface area (Å²) >= 11 is 0. The number of Topliss-reactive ketones (excluding diaryl/α,β-unsaturated/α-hetero) is 1. The van der Waals surface area contributed by atoms with Crippen LogP contribution >= 0.6 is 0 Å². The number of pyridine rings is 1. The smallest absolute Gasteiger partial charge is 0.180 e.